The Morgan fingerprint density at radius 1 is 1.06 bits per heavy atom. The molecule has 92 valence electrons. The Kier molecular flexibility index (Phi) is 3.88. The van der Waals surface area contributed by atoms with Crippen molar-refractivity contribution in [1.29, 1.82) is 0 Å². The molecular weight excluding hydrogens is 196 g/mol. The second kappa shape index (κ2) is 4.65. The molecule has 1 unspecified atom stereocenters. The van der Waals surface area contributed by atoms with Gasteiger partial charge in [0.05, 0.1) is 6.26 Å². The maximum atomic E-state index is 5.78. The molecule has 1 heterocycles. The van der Waals surface area contributed by atoms with E-state index in [4.69, 9.17) is 4.42 Å². The van der Waals surface area contributed by atoms with Crippen molar-refractivity contribution in [2.45, 2.75) is 60.3 Å². The molecule has 0 aliphatic carbocycles. The van der Waals surface area contributed by atoms with Crippen LogP contribution in [0, 0.1) is 11.3 Å². The monoisotopic (exact) mass is 222 g/mol. The minimum absolute atomic E-state index is 0.250. The maximum absolute atomic E-state index is 5.78. The van der Waals surface area contributed by atoms with Crippen LogP contribution in [0.25, 0.3) is 0 Å². The lowest BCUT2D eigenvalue weighted by Gasteiger charge is -2.32. The zero-order valence-corrected chi connectivity index (χ0v) is 11.8. The van der Waals surface area contributed by atoms with E-state index in [-0.39, 0.29) is 5.41 Å². The third kappa shape index (κ3) is 2.90. The van der Waals surface area contributed by atoms with Crippen LogP contribution in [0.15, 0.2) is 16.7 Å². The Hall–Kier alpha value is -0.720. The lowest BCUT2D eigenvalue weighted by Crippen LogP contribution is -2.22. The molecule has 0 aromatic carbocycles. The Morgan fingerprint density at radius 2 is 1.62 bits per heavy atom. The molecule has 1 atom stereocenters. The van der Waals surface area contributed by atoms with Crippen molar-refractivity contribution in [3.63, 3.8) is 0 Å². The van der Waals surface area contributed by atoms with E-state index in [1.807, 2.05) is 6.26 Å². The van der Waals surface area contributed by atoms with Crippen LogP contribution in [0.1, 0.15) is 71.6 Å². The summed E-state index contributed by atoms with van der Waals surface area (Å²) in [5, 5.41) is 0. The number of hydrogen-bond donors (Lipinski definition) is 0. The second-order valence-electron chi connectivity index (χ2n) is 6.52. The van der Waals surface area contributed by atoms with Crippen LogP contribution < -0.4 is 0 Å². The molecule has 0 fully saturated rings. The highest BCUT2D eigenvalue weighted by atomic mass is 16.3. The van der Waals surface area contributed by atoms with Gasteiger partial charge < -0.3 is 4.42 Å². The van der Waals surface area contributed by atoms with Crippen molar-refractivity contribution >= 4 is 0 Å². The van der Waals surface area contributed by atoms with E-state index in [1.165, 1.54) is 5.56 Å². The molecule has 16 heavy (non-hydrogen) atoms. The van der Waals surface area contributed by atoms with Gasteiger partial charge in [0.2, 0.25) is 0 Å². The number of rotatable bonds is 3. The molecule has 1 aromatic rings. The first kappa shape index (κ1) is 13.3. The molecule has 0 amide bonds. The van der Waals surface area contributed by atoms with Crippen LogP contribution >= 0.6 is 0 Å². The first-order valence-corrected chi connectivity index (χ1v) is 6.31. The average molecular weight is 222 g/mol. The molecule has 0 bridgehead atoms. The van der Waals surface area contributed by atoms with Crippen molar-refractivity contribution in [1.82, 2.24) is 0 Å². The third-order valence-electron chi connectivity index (χ3n) is 3.21. The Morgan fingerprint density at radius 3 is 1.94 bits per heavy atom. The van der Waals surface area contributed by atoms with E-state index in [1.54, 1.807) is 0 Å². The predicted molar refractivity (Wildman–Crippen MR) is 69.8 cm³/mol. The van der Waals surface area contributed by atoms with Gasteiger partial charge in [-0.2, -0.15) is 0 Å². The van der Waals surface area contributed by atoms with Crippen molar-refractivity contribution in [3.8, 4) is 0 Å². The highest BCUT2D eigenvalue weighted by Crippen LogP contribution is 2.41. The molecule has 0 spiro atoms. The third-order valence-corrected chi connectivity index (χ3v) is 3.21. The van der Waals surface area contributed by atoms with E-state index in [0.29, 0.717) is 17.8 Å². The fourth-order valence-electron chi connectivity index (χ4n) is 2.59. The number of hydrogen-bond acceptors (Lipinski definition) is 1. The van der Waals surface area contributed by atoms with Crippen LogP contribution in [0.3, 0.4) is 0 Å². The van der Waals surface area contributed by atoms with Gasteiger partial charge in [0.15, 0.2) is 0 Å². The van der Waals surface area contributed by atoms with Crippen LogP contribution in [0.4, 0.5) is 0 Å². The minimum atomic E-state index is 0.250. The SMILES string of the molecule is CC(C)c1coc(C(C(C)C)C(C)(C)C)c1. The second-order valence-corrected chi connectivity index (χ2v) is 6.52. The molecule has 1 rings (SSSR count). The highest BCUT2D eigenvalue weighted by molar-refractivity contribution is 5.20. The average Bonchev–Trinajstić information content (AvgIpc) is 2.49. The molecule has 0 saturated heterocycles. The summed E-state index contributed by atoms with van der Waals surface area (Å²) in [6.45, 7) is 15.8. The molecule has 1 nitrogen and oxygen atoms in total. The fraction of sp³-hybridized carbons (Fsp3) is 0.733. The van der Waals surface area contributed by atoms with Gasteiger partial charge in [0.25, 0.3) is 0 Å². The predicted octanol–water partition coefficient (Wildman–Crippen LogP) is 5.19. The van der Waals surface area contributed by atoms with Gasteiger partial charge >= 0.3 is 0 Å². The van der Waals surface area contributed by atoms with Crippen molar-refractivity contribution < 1.29 is 4.42 Å². The molecule has 0 aliphatic heterocycles. The summed E-state index contributed by atoms with van der Waals surface area (Å²) in [6, 6.07) is 2.24. The Bertz CT molecular complexity index is 325. The van der Waals surface area contributed by atoms with Gasteiger partial charge in [-0.25, -0.2) is 0 Å². The summed E-state index contributed by atoms with van der Waals surface area (Å²) in [5.41, 5.74) is 1.56. The van der Waals surface area contributed by atoms with E-state index in [0.717, 1.165) is 5.76 Å². The summed E-state index contributed by atoms with van der Waals surface area (Å²) in [6.07, 6.45) is 1.92. The first-order chi connectivity index (χ1) is 7.23. The molecule has 0 radical (unpaired) electrons. The quantitative estimate of drug-likeness (QED) is 0.686. The fourth-order valence-corrected chi connectivity index (χ4v) is 2.59. The van der Waals surface area contributed by atoms with Crippen molar-refractivity contribution in [3.05, 3.63) is 23.7 Å². The zero-order chi connectivity index (χ0) is 12.5. The van der Waals surface area contributed by atoms with Crippen LogP contribution in [0.2, 0.25) is 0 Å². The highest BCUT2D eigenvalue weighted by Gasteiger charge is 2.31. The summed E-state index contributed by atoms with van der Waals surface area (Å²) < 4.78 is 5.78. The lowest BCUT2D eigenvalue weighted by atomic mass is 9.73. The van der Waals surface area contributed by atoms with Gasteiger partial charge in [-0.1, -0.05) is 48.5 Å². The van der Waals surface area contributed by atoms with E-state index >= 15 is 0 Å². The van der Waals surface area contributed by atoms with Crippen molar-refractivity contribution in [2.75, 3.05) is 0 Å². The molecular formula is C15H26O. The number of furan rings is 1. The minimum Gasteiger partial charge on any atom is -0.469 e. The standard InChI is InChI=1S/C15H26O/c1-10(2)12-8-13(16-9-12)14(11(3)4)15(5,6)7/h8-11,14H,1-7H3. The van der Waals surface area contributed by atoms with Crippen LogP contribution in [-0.2, 0) is 0 Å². The summed E-state index contributed by atoms with van der Waals surface area (Å²) in [4.78, 5) is 0. The summed E-state index contributed by atoms with van der Waals surface area (Å²) in [7, 11) is 0. The smallest absolute Gasteiger partial charge is 0.107 e. The van der Waals surface area contributed by atoms with E-state index < -0.39 is 0 Å². The van der Waals surface area contributed by atoms with Gasteiger partial charge in [-0.15, -0.1) is 0 Å². The summed E-state index contributed by atoms with van der Waals surface area (Å²) in [5.74, 6) is 2.78. The van der Waals surface area contributed by atoms with E-state index in [2.05, 4.69) is 54.5 Å². The van der Waals surface area contributed by atoms with Gasteiger partial charge in [0.1, 0.15) is 5.76 Å². The zero-order valence-electron chi connectivity index (χ0n) is 11.8. The Labute approximate surface area is 100 Å². The Balaban J connectivity index is 3.03. The van der Waals surface area contributed by atoms with Crippen LogP contribution in [0.5, 0.6) is 0 Å². The lowest BCUT2D eigenvalue weighted by molar-refractivity contribution is 0.224. The van der Waals surface area contributed by atoms with Gasteiger partial charge in [-0.05, 0) is 28.9 Å². The topological polar surface area (TPSA) is 13.1 Å². The molecule has 0 aliphatic rings. The summed E-state index contributed by atoms with van der Waals surface area (Å²) >= 11 is 0. The normalized spacial score (nSPS) is 14.8. The van der Waals surface area contributed by atoms with E-state index in [9.17, 15) is 0 Å². The van der Waals surface area contributed by atoms with Gasteiger partial charge in [-0.3, -0.25) is 0 Å². The van der Waals surface area contributed by atoms with Crippen molar-refractivity contribution in [2.24, 2.45) is 11.3 Å². The first-order valence-electron chi connectivity index (χ1n) is 6.31. The maximum Gasteiger partial charge on any atom is 0.107 e. The van der Waals surface area contributed by atoms with Gasteiger partial charge in [0, 0.05) is 5.92 Å². The largest absolute Gasteiger partial charge is 0.469 e. The molecule has 1 heteroatoms. The van der Waals surface area contributed by atoms with Crippen LogP contribution in [-0.4, -0.2) is 0 Å². The molecule has 0 N–H and O–H groups in total. The molecule has 1 aromatic heterocycles. The molecule has 0 saturated carbocycles.